The fourth-order valence-electron chi connectivity index (χ4n) is 4.98. The lowest BCUT2D eigenvalue weighted by molar-refractivity contribution is 0.107. The van der Waals surface area contributed by atoms with E-state index in [9.17, 15) is 0 Å². The van der Waals surface area contributed by atoms with Crippen LogP contribution in [0.5, 0.6) is 0 Å². The van der Waals surface area contributed by atoms with Gasteiger partial charge in [-0.15, -0.1) is 0 Å². The molecule has 3 aliphatic rings. The summed E-state index contributed by atoms with van der Waals surface area (Å²) < 4.78 is 5.67. The minimum Gasteiger partial charge on any atom is -0.381 e. The van der Waals surface area contributed by atoms with Crippen LogP contribution in [0.25, 0.3) is 0 Å². The fraction of sp³-hybridized carbons (Fsp3) is 1.00. The van der Waals surface area contributed by atoms with Gasteiger partial charge in [0.25, 0.3) is 0 Å². The SMILES string of the molecule is CNCC1(CN(C)CC2CC3CCC2C3)CCOC1. The summed E-state index contributed by atoms with van der Waals surface area (Å²) in [4.78, 5) is 2.59. The fourth-order valence-corrected chi connectivity index (χ4v) is 4.98. The Morgan fingerprint density at radius 3 is 2.79 bits per heavy atom. The van der Waals surface area contributed by atoms with E-state index in [4.69, 9.17) is 4.74 Å². The monoisotopic (exact) mass is 266 g/mol. The van der Waals surface area contributed by atoms with Gasteiger partial charge in [-0.05, 0) is 57.5 Å². The van der Waals surface area contributed by atoms with Gasteiger partial charge in [0, 0.05) is 31.7 Å². The average Bonchev–Trinajstić information content (AvgIpc) is 3.06. The Labute approximate surface area is 118 Å². The molecule has 3 fully saturated rings. The summed E-state index contributed by atoms with van der Waals surface area (Å²) >= 11 is 0. The summed E-state index contributed by atoms with van der Waals surface area (Å²) in [6.45, 7) is 5.49. The van der Waals surface area contributed by atoms with Crippen LogP contribution in [0.2, 0.25) is 0 Å². The molecule has 4 atom stereocenters. The predicted molar refractivity (Wildman–Crippen MR) is 78.2 cm³/mol. The van der Waals surface area contributed by atoms with Crippen LogP contribution in [0.4, 0.5) is 0 Å². The van der Waals surface area contributed by atoms with Crippen molar-refractivity contribution in [1.29, 1.82) is 0 Å². The minimum absolute atomic E-state index is 0.362. The van der Waals surface area contributed by atoms with Gasteiger partial charge in [-0.1, -0.05) is 6.42 Å². The third-order valence-corrected chi connectivity index (χ3v) is 5.77. The van der Waals surface area contributed by atoms with E-state index in [1.165, 1.54) is 45.2 Å². The molecule has 110 valence electrons. The number of ether oxygens (including phenoxy) is 1. The van der Waals surface area contributed by atoms with Crippen molar-refractivity contribution in [2.45, 2.75) is 32.1 Å². The molecule has 0 amide bonds. The Hall–Kier alpha value is -0.120. The highest BCUT2D eigenvalue weighted by molar-refractivity contribution is 4.93. The molecule has 0 aromatic rings. The lowest BCUT2D eigenvalue weighted by Crippen LogP contribution is -2.44. The molecular formula is C16H30N2O. The molecule has 0 spiro atoms. The van der Waals surface area contributed by atoms with E-state index in [2.05, 4.69) is 24.3 Å². The number of nitrogens with zero attached hydrogens (tertiary/aromatic N) is 1. The smallest absolute Gasteiger partial charge is 0.0547 e. The van der Waals surface area contributed by atoms with Gasteiger partial charge >= 0.3 is 0 Å². The molecule has 1 N–H and O–H groups in total. The third kappa shape index (κ3) is 2.98. The van der Waals surface area contributed by atoms with Crippen LogP contribution in [-0.4, -0.2) is 51.8 Å². The molecule has 3 nitrogen and oxygen atoms in total. The van der Waals surface area contributed by atoms with Crippen molar-refractivity contribution in [3.05, 3.63) is 0 Å². The molecule has 1 aliphatic heterocycles. The summed E-state index contributed by atoms with van der Waals surface area (Å²) in [5.41, 5.74) is 0.362. The van der Waals surface area contributed by atoms with Crippen molar-refractivity contribution in [3.63, 3.8) is 0 Å². The zero-order valence-corrected chi connectivity index (χ0v) is 12.7. The molecule has 3 heteroatoms. The Balaban J connectivity index is 1.51. The largest absolute Gasteiger partial charge is 0.381 e. The van der Waals surface area contributed by atoms with Crippen LogP contribution in [-0.2, 0) is 4.74 Å². The van der Waals surface area contributed by atoms with Crippen molar-refractivity contribution in [2.24, 2.45) is 23.2 Å². The molecular weight excluding hydrogens is 236 g/mol. The number of hydrogen-bond acceptors (Lipinski definition) is 3. The molecule has 1 saturated heterocycles. The van der Waals surface area contributed by atoms with Crippen LogP contribution in [0, 0.1) is 23.2 Å². The van der Waals surface area contributed by atoms with Gasteiger partial charge in [0.15, 0.2) is 0 Å². The van der Waals surface area contributed by atoms with E-state index in [0.29, 0.717) is 5.41 Å². The summed E-state index contributed by atoms with van der Waals surface area (Å²) in [7, 11) is 4.39. The second kappa shape index (κ2) is 5.71. The topological polar surface area (TPSA) is 24.5 Å². The molecule has 2 bridgehead atoms. The molecule has 0 aromatic heterocycles. The lowest BCUT2D eigenvalue weighted by Gasteiger charge is -2.35. The van der Waals surface area contributed by atoms with Crippen LogP contribution < -0.4 is 5.32 Å². The van der Waals surface area contributed by atoms with E-state index < -0.39 is 0 Å². The maximum Gasteiger partial charge on any atom is 0.0547 e. The first-order valence-corrected chi connectivity index (χ1v) is 8.12. The Kier molecular flexibility index (Phi) is 4.16. The second-order valence-corrected chi connectivity index (χ2v) is 7.46. The van der Waals surface area contributed by atoms with Crippen molar-refractivity contribution in [3.8, 4) is 0 Å². The summed E-state index contributed by atoms with van der Waals surface area (Å²) in [6.07, 6.45) is 7.28. The van der Waals surface area contributed by atoms with Crippen LogP contribution >= 0.6 is 0 Å². The molecule has 0 aromatic carbocycles. The maximum absolute atomic E-state index is 5.67. The maximum atomic E-state index is 5.67. The van der Waals surface area contributed by atoms with Gasteiger partial charge in [-0.2, -0.15) is 0 Å². The highest BCUT2D eigenvalue weighted by Gasteiger charge is 2.41. The van der Waals surface area contributed by atoms with E-state index >= 15 is 0 Å². The van der Waals surface area contributed by atoms with Gasteiger partial charge in [-0.25, -0.2) is 0 Å². The third-order valence-electron chi connectivity index (χ3n) is 5.77. The molecule has 0 radical (unpaired) electrons. The zero-order valence-electron chi connectivity index (χ0n) is 12.7. The number of hydrogen-bond donors (Lipinski definition) is 1. The first-order chi connectivity index (χ1) is 9.21. The van der Waals surface area contributed by atoms with E-state index in [-0.39, 0.29) is 0 Å². The van der Waals surface area contributed by atoms with Crippen LogP contribution in [0.15, 0.2) is 0 Å². The van der Waals surface area contributed by atoms with Gasteiger partial charge in [0.05, 0.1) is 6.61 Å². The summed E-state index contributed by atoms with van der Waals surface area (Å²) in [5, 5.41) is 3.37. The molecule has 19 heavy (non-hydrogen) atoms. The molecule has 3 rings (SSSR count). The van der Waals surface area contributed by atoms with E-state index in [0.717, 1.165) is 37.5 Å². The normalized spacial score (nSPS) is 41.5. The summed E-state index contributed by atoms with van der Waals surface area (Å²) in [6, 6.07) is 0. The van der Waals surface area contributed by atoms with Gasteiger partial charge in [0.1, 0.15) is 0 Å². The number of fused-ring (bicyclic) bond motifs is 2. The zero-order chi connectivity index (χ0) is 13.3. The number of rotatable bonds is 6. The minimum atomic E-state index is 0.362. The van der Waals surface area contributed by atoms with Crippen molar-refractivity contribution < 1.29 is 4.74 Å². The average molecular weight is 266 g/mol. The number of nitrogens with one attached hydrogen (secondary N) is 1. The van der Waals surface area contributed by atoms with E-state index in [1.54, 1.807) is 0 Å². The molecule has 4 unspecified atom stereocenters. The highest BCUT2D eigenvalue weighted by Crippen LogP contribution is 2.48. The van der Waals surface area contributed by atoms with Gasteiger partial charge in [-0.3, -0.25) is 0 Å². The van der Waals surface area contributed by atoms with Gasteiger partial charge in [0.2, 0.25) is 0 Å². The van der Waals surface area contributed by atoms with Crippen molar-refractivity contribution in [2.75, 3.05) is 46.9 Å². The molecule has 1 heterocycles. The second-order valence-electron chi connectivity index (χ2n) is 7.46. The quantitative estimate of drug-likeness (QED) is 0.795. The highest BCUT2D eigenvalue weighted by atomic mass is 16.5. The Bertz CT molecular complexity index is 301. The Morgan fingerprint density at radius 1 is 1.32 bits per heavy atom. The van der Waals surface area contributed by atoms with Crippen molar-refractivity contribution >= 4 is 0 Å². The standard InChI is InChI=1S/C16H30N2O/c1-17-10-16(5-6-19-12-16)11-18(2)9-15-8-13-3-4-14(15)7-13/h13-15,17H,3-12H2,1-2H3. The summed E-state index contributed by atoms with van der Waals surface area (Å²) in [5.74, 6) is 3.11. The van der Waals surface area contributed by atoms with Crippen LogP contribution in [0.3, 0.4) is 0 Å². The van der Waals surface area contributed by atoms with E-state index in [1.807, 2.05) is 0 Å². The molecule has 2 saturated carbocycles. The Morgan fingerprint density at radius 2 is 2.21 bits per heavy atom. The van der Waals surface area contributed by atoms with Crippen molar-refractivity contribution in [1.82, 2.24) is 10.2 Å². The lowest BCUT2D eigenvalue weighted by atomic mass is 9.85. The first-order valence-electron chi connectivity index (χ1n) is 8.12. The van der Waals surface area contributed by atoms with Crippen LogP contribution in [0.1, 0.15) is 32.1 Å². The predicted octanol–water partition coefficient (Wildman–Crippen LogP) is 1.98. The first kappa shape index (κ1) is 13.8. The molecule has 2 aliphatic carbocycles. The van der Waals surface area contributed by atoms with Gasteiger partial charge < -0.3 is 15.0 Å².